The molecule has 0 aliphatic heterocycles. The number of esters is 1. The average Bonchev–Trinajstić information content (AvgIpc) is 3.33. The molecular weight excluding hydrogens is 827 g/mol. The van der Waals surface area contributed by atoms with Crippen LogP contribution in [-0.2, 0) is 14.3 Å². The van der Waals surface area contributed by atoms with E-state index in [0.717, 1.165) is 51.4 Å². The van der Waals surface area contributed by atoms with Crippen molar-refractivity contribution in [3.05, 3.63) is 36.5 Å². The number of ether oxygens (including phenoxy) is 1. The number of carbonyl (C=O) groups is 2. The van der Waals surface area contributed by atoms with E-state index in [2.05, 4.69) is 43.5 Å². The molecule has 6 heteroatoms. The normalized spacial score (nSPS) is 12.8. The predicted molar refractivity (Wildman–Crippen MR) is 292 cm³/mol. The van der Waals surface area contributed by atoms with Crippen molar-refractivity contribution in [3.8, 4) is 0 Å². The van der Waals surface area contributed by atoms with E-state index < -0.39 is 12.1 Å². The highest BCUT2D eigenvalue weighted by atomic mass is 16.5. The zero-order valence-electron chi connectivity index (χ0n) is 44.9. The number of aliphatic hydroxyl groups excluding tert-OH is 2. The minimum Gasteiger partial charge on any atom is -0.466 e. The van der Waals surface area contributed by atoms with Gasteiger partial charge in [0.2, 0.25) is 5.91 Å². The number of aliphatic hydroxyl groups is 2. The monoisotopic (exact) mass is 942 g/mol. The predicted octanol–water partition coefficient (Wildman–Crippen LogP) is 18.4. The lowest BCUT2D eigenvalue weighted by atomic mass is 10.0. The van der Waals surface area contributed by atoms with Crippen LogP contribution in [-0.4, -0.2) is 47.4 Å². The van der Waals surface area contributed by atoms with Gasteiger partial charge in [-0.25, -0.2) is 0 Å². The largest absolute Gasteiger partial charge is 0.466 e. The van der Waals surface area contributed by atoms with Crippen LogP contribution < -0.4 is 5.32 Å². The molecule has 3 N–H and O–H groups in total. The SMILES string of the molecule is CCC/C=C\C/C=C\CCCCCCCC(=O)OCCCCCCCCCCCCCCCCCCCCC(=O)NC(CO)C(O)/C=C/CCCCCCCCCCCCCCCCCCC. The molecule has 0 saturated heterocycles. The fourth-order valence-corrected chi connectivity index (χ4v) is 9.08. The van der Waals surface area contributed by atoms with E-state index in [1.54, 1.807) is 6.08 Å². The Morgan fingerprint density at radius 2 is 0.776 bits per heavy atom. The molecule has 0 aromatic heterocycles. The Kier molecular flexibility index (Phi) is 55.0. The molecule has 0 rings (SSSR count). The summed E-state index contributed by atoms with van der Waals surface area (Å²) in [4.78, 5) is 24.5. The van der Waals surface area contributed by atoms with Gasteiger partial charge in [0.05, 0.1) is 25.4 Å². The van der Waals surface area contributed by atoms with Gasteiger partial charge in [-0.3, -0.25) is 9.59 Å². The van der Waals surface area contributed by atoms with Crippen LogP contribution in [0, 0.1) is 0 Å². The summed E-state index contributed by atoms with van der Waals surface area (Å²) >= 11 is 0. The highest BCUT2D eigenvalue weighted by Crippen LogP contribution is 2.17. The smallest absolute Gasteiger partial charge is 0.305 e. The first-order valence-corrected chi connectivity index (χ1v) is 29.8. The Hall–Kier alpha value is -1.92. The van der Waals surface area contributed by atoms with Gasteiger partial charge >= 0.3 is 5.97 Å². The van der Waals surface area contributed by atoms with Gasteiger partial charge in [-0.05, 0) is 57.8 Å². The van der Waals surface area contributed by atoms with Crippen LogP contribution in [0.25, 0.3) is 0 Å². The number of rotatable bonds is 55. The summed E-state index contributed by atoms with van der Waals surface area (Å²) in [6.07, 6.45) is 70.2. The Labute approximate surface area is 417 Å². The molecule has 0 radical (unpaired) electrons. The maximum Gasteiger partial charge on any atom is 0.305 e. The van der Waals surface area contributed by atoms with Crippen LogP contribution in [0.4, 0.5) is 0 Å². The third-order valence-corrected chi connectivity index (χ3v) is 13.6. The minimum absolute atomic E-state index is 0.00884. The molecule has 0 heterocycles. The van der Waals surface area contributed by atoms with Crippen molar-refractivity contribution in [1.82, 2.24) is 5.32 Å². The van der Waals surface area contributed by atoms with Gasteiger partial charge in [-0.1, -0.05) is 281 Å². The van der Waals surface area contributed by atoms with Crippen LogP contribution in [0.1, 0.15) is 316 Å². The summed E-state index contributed by atoms with van der Waals surface area (Å²) in [6, 6.07) is -0.632. The van der Waals surface area contributed by atoms with Gasteiger partial charge in [0.15, 0.2) is 0 Å². The molecule has 0 aliphatic rings. The van der Waals surface area contributed by atoms with Crippen molar-refractivity contribution < 1.29 is 24.5 Å². The Morgan fingerprint density at radius 1 is 0.418 bits per heavy atom. The van der Waals surface area contributed by atoms with E-state index in [9.17, 15) is 19.8 Å². The lowest BCUT2D eigenvalue weighted by Gasteiger charge is -2.20. The summed E-state index contributed by atoms with van der Waals surface area (Å²) in [7, 11) is 0. The summed E-state index contributed by atoms with van der Waals surface area (Å²) in [5.41, 5.74) is 0. The average molecular weight is 943 g/mol. The molecule has 0 saturated carbocycles. The molecule has 0 aromatic carbocycles. The first-order chi connectivity index (χ1) is 33.0. The molecule has 67 heavy (non-hydrogen) atoms. The molecule has 0 bridgehead atoms. The molecule has 0 aliphatic carbocycles. The van der Waals surface area contributed by atoms with E-state index in [0.29, 0.717) is 19.4 Å². The topological polar surface area (TPSA) is 95.9 Å². The zero-order chi connectivity index (χ0) is 48.6. The van der Waals surface area contributed by atoms with Crippen LogP contribution in [0.15, 0.2) is 36.5 Å². The summed E-state index contributed by atoms with van der Waals surface area (Å²) in [5, 5.41) is 23.2. The molecule has 0 fully saturated rings. The molecule has 6 nitrogen and oxygen atoms in total. The highest BCUT2D eigenvalue weighted by Gasteiger charge is 2.18. The highest BCUT2D eigenvalue weighted by molar-refractivity contribution is 5.76. The molecule has 0 aromatic rings. The second kappa shape index (κ2) is 56.7. The van der Waals surface area contributed by atoms with Gasteiger partial charge in [0, 0.05) is 12.8 Å². The summed E-state index contributed by atoms with van der Waals surface area (Å²) < 4.78 is 5.46. The molecule has 0 spiro atoms. The third kappa shape index (κ3) is 53.3. The standard InChI is InChI=1S/C61H115NO5/c1-3-5-7-9-11-13-15-17-18-19-20-23-26-30-33-37-41-45-49-53-59(64)58(57-63)62-60(65)54-50-46-42-38-34-31-27-24-21-22-25-28-32-36-40-44-48-52-56-67-61(66)55-51-47-43-39-35-29-16-14-12-10-8-6-4-2/h8,10,14,16,49,53,58-59,63-64H,3-7,9,11-13,15,17-48,50-52,54-57H2,1-2H3,(H,62,65)/b10-8-,16-14-,53-49+. The lowest BCUT2D eigenvalue weighted by molar-refractivity contribution is -0.143. The van der Waals surface area contributed by atoms with Crippen molar-refractivity contribution in [3.63, 3.8) is 0 Å². The molecule has 1 amide bonds. The maximum atomic E-state index is 12.5. The van der Waals surface area contributed by atoms with Gasteiger partial charge < -0.3 is 20.3 Å². The van der Waals surface area contributed by atoms with Crippen LogP contribution in [0.3, 0.4) is 0 Å². The fourth-order valence-electron chi connectivity index (χ4n) is 9.08. The number of hydrogen-bond acceptors (Lipinski definition) is 5. The van der Waals surface area contributed by atoms with Gasteiger partial charge in [-0.2, -0.15) is 0 Å². The number of unbranched alkanes of at least 4 members (excludes halogenated alkanes) is 40. The second-order valence-electron chi connectivity index (χ2n) is 20.3. The van der Waals surface area contributed by atoms with Gasteiger partial charge in [-0.15, -0.1) is 0 Å². The summed E-state index contributed by atoms with van der Waals surface area (Å²) in [6.45, 7) is 4.84. The van der Waals surface area contributed by atoms with Gasteiger partial charge in [0.1, 0.15) is 0 Å². The zero-order valence-corrected chi connectivity index (χ0v) is 44.9. The fraction of sp³-hybridized carbons (Fsp3) is 0.869. The number of amides is 1. The van der Waals surface area contributed by atoms with Crippen molar-refractivity contribution in [2.24, 2.45) is 0 Å². The van der Waals surface area contributed by atoms with Crippen molar-refractivity contribution >= 4 is 11.9 Å². The van der Waals surface area contributed by atoms with Crippen molar-refractivity contribution in [2.45, 2.75) is 328 Å². The Balaban J connectivity index is 3.45. The Bertz CT molecular complexity index is 1090. The number of allylic oxidation sites excluding steroid dienone is 5. The first-order valence-electron chi connectivity index (χ1n) is 29.8. The van der Waals surface area contributed by atoms with E-state index in [1.165, 1.54) is 238 Å². The molecule has 394 valence electrons. The number of carbonyl (C=O) groups excluding carboxylic acids is 2. The van der Waals surface area contributed by atoms with Crippen LogP contribution in [0.2, 0.25) is 0 Å². The quantitative estimate of drug-likeness (QED) is 0.0321. The molecular formula is C61H115NO5. The van der Waals surface area contributed by atoms with E-state index in [4.69, 9.17) is 4.74 Å². The summed E-state index contributed by atoms with van der Waals surface area (Å²) in [5.74, 6) is -0.0793. The number of hydrogen-bond donors (Lipinski definition) is 3. The van der Waals surface area contributed by atoms with E-state index >= 15 is 0 Å². The third-order valence-electron chi connectivity index (χ3n) is 13.6. The first kappa shape index (κ1) is 65.1. The van der Waals surface area contributed by atoms with Crippen LogP contribution >= 0.6 is 0 Å². The van der Waals surface area contributed by atoms with Crippen LogP contribution in [0.5, 0.6) is 0 Å². The lowest BCUT2D eigenvalue weighted by Crippen LogP contribution is -2.45. The van der Waals surface area contributed by atoms with Crippen molar-refractivity contribution in [1.29, 1.82) is 0 Å². The molecule has 2 unspecified atom stereocenters. The minimum atomic E-state index is -0.848. The van der Waals surface area contributed by atoms with Crippen molar-refractivity contribution in [2.75, 3.05) is 13.2 Å². The second-order valence-corrected chi connectivity index (χ2v) is 20.3. The molecule has 2 atom stereocenters. The maximum absolute atomic E-state index is 12.5. The van der Waals surface area contributed by atoms with E-state index in [1.807, 2.05) is 6.08 Å². The van der Waals surface area contributed by atoms with E-state index in [-0.39, 0.29) is 18.5 Å². The Morgan fingerprint density at radius 3 is 1.19 bits per heavy atom. The van der Waals surface area contributed by atoms with Gasteiger partial charge in [0.25, 0.3) is 0 Å². The number of nitrogens with one attached hydrogen (secondary N) is 1.